The van der Waals surface area contributed by atoms with Crippen LogP contribution >= 0.6 is 23.4 Å². The summed E-state index contributed by atoms with van der Waals surface area (Å²) in [7, 11) is 0. The first-order chi connectivity index (χ1) is 13.7. The summed E-state index contributed by atoms with van der Waals surface area (Å²) in [6, 6.07) is 7.97. The van der Waals surface area contributed by atoms with E-state index in [4.69, 9.17) is 22.1 Å². The van der Waals surface area contributed by atoms with Gasteiger partial charge in [0.25, 0.3) is 0 Å². The topological polar surface area (TPSA) is 103 Å². The molecule has 1 aliphatic rings. The van der Waals surface area contributed by atoms with Gasteiger partial charge in [-0.3, -0.25) is 4.79 Å². The van der Waals surface area contributed by atoms with Gasteiger partial charge >= 0.3 is 0 Å². The number of benzene rings is 2. The zero-order valence-corrected chi connectivity index (χ0v) is 16.5. The second-order valence-electron chi connectivity index (χ2n) is 6.30. The van der Waals surface area contributed by atoms with Crippen LogP contribution in [0.15, 0.2) is 29.4 Å². The van der Waals surface area contributed by atoms with Gasteiger partial charge in [0.1, 0.15) is 0 Å². The summed E-state index contributed by atoms with van der Waals surface area (Å²) in [4.78, 5) is 23.5. The number of nitrogens with two attached hydrogens (primary N) is 1. The van der Waals surface area contributed by atoms with Gasteiger partial charge in [-0.15, -0.1) is 0 Å². The highest BCUT2D eigenvalue weighted by Crippen LogP contribution is 2.39. The number of carbonyl (C=O) groups excluding carboxylic acids is 1. The molecule has 0 saturated heterocycles. The number of hydrogen-bond donors (Lipinski definition) is 2. The normalized spacial score (nSPS) is 12.9. The van der Waals surface area contributed by atoms with E-state index in [1.807, 2.05) is 18.2 Å². The first-order valence-corrected chi connectivity index (χ1v) is 10.2. The number of nitrogen functional groups attached to an aromatic ring is 1. The van der Waals surface area contributed by atoms with Crippen LogP contribution in [0.3, 0.4) is 0 Å². The van der Waals surface area contributed by atoms with Crippen molar-refractivity contribution in [1.82, 2.24) is 20.3 Å². The molecule has 4 rings (SSSR count). The van der Waals surface area contributed by atoms with Gasteiger partial charge in [0.05, 0.1) is 18.2 Å². The molecule has 0 unspecified atom stereocenters. The molecule has 1 aromatic heterocycles. The Morgan fingerprint density at radius 2 is 2.11 bits per heavy atom. The van der Waals surface area contributed by atoms with Crippen LogP contribution in [0.5, 0.6) is 0 Å². The summed E-state index contributed by atoms with van der Waals surface area (Å²) in [6.45, 7) is 1.70. The number of halogens is 1. The van der Waals surface area contributed by atoms with Gasteiger partial charge in [0.2, 0.25) is 12.4 Å². The van der Waals surface area contributed by atoms with E-state index >= 15 is 0 Å². The van der Waals surface area contributed by atoms with Crippen LogP contribution in [0.1, 0.15) is 17.5 Å². The van der Waals surface area contributed by atoms with Crippen LogP contribution in [0.2, 0.25) is 5.02 Å². The summed E-state index contributed by atoms with van der Waals surface area (Å²) in [5.41, 5.74) is 8.88. The predicted molar refractivity (Wildman–Crippen MR) is 110 cm³/mol. The van der Waals surface area contributed by atoms with Crippen LogP contribution in [0.4, 0.5) is 5.95 Å². The fourth-order valence-corrected chi connectivity index (χ4v) is 4.39. The second kappa shape index (κ2) is 8.30. The summed E-state index contributed by atoms with van der Waals surface area (Å²) in [5.74, 6) is 1.36. The lowest BCUT2D eigenvalue weighted by Gasteiger charge is -2.20. The number of nitrogens with zero attached hydrogens (tertiary/aromatic N) is 3. The number of carbonyl (C=O) groups is 1. The molecular weight excluding hydrogens is 398 g/mol. The molecule has 2 aromatic carbocycles. The molecule has 0 fully saturated rings. The number of thioether (sulfide) groups is 1. The largest absolute Gasteiger partial charge is 0.372 e. The lowest BCUT2D eigenvalue weighted by Crippen LogP contribution is -2.12. The third-order valence-electron chi connectivity index (χ3n) is 4.43. The van der Waals surface area contributed by atoms with Crippen molar-refractivity contribution in [3.8, 4) is 11.4 Å². The monoisotopic (exact) mass is 415 g/mol. The van der Waals surface area contributed by atoms with Crippen molar-refractivity contribution < 1.29 is 9.53 Å². The average molecular weight is 416 g/mol. The van der Waals surface area contributed by atoms with Gasteiger partial charge in [-0.1, -0.05) is 41.6 Å². The van der Waals surface area contributed by atoms with Crippen molar-refractivity contribution in [3.63, 3.8) is 0 Å². The van der Waals surface area contributed by atoms with Gasteiger partial charge in [-0.2, -0.15) is 9.97 Å². The van der Waals surface area contributed by atoms with Crippen LogP contribution in [0.25, 0.3) is 22.2 Å². The highest BCUT2D eigenvalue weighted by atomic mass is 35.5. The molecule has 7 nitrogen and oxygen atoms in total. The molecular formula is C19H18ClN5O2S. The van der Waals surface area contributed by atoms with E-state index in [1.54, 1.807) is 0 Å². The average Bonchev–Trinajstić information content (AvgIpc) is 2.68. The maximum absolute atomic E-state index is 10.3. The fourth-order valence-electron chi connectivity index (χ4n) is 3.29. The molecule has 1 amide bonds. The Morgan fingerprint density at radius 1 is 1.25 bits per heavy atom. The van der Waals surface area contributed by atoms with Crippen molar-refractivity contribution in [2.45, 2.75) is 24.8 Å². The third-order valence-corrected chi connectivity index (χ3v) is 5.66. The Kier molecular flexibility index (Phi) is 5.61. The van der Waals surface area contributed by atoms with Crippen molar-refractivity contribution in [3.05, 3.63) is 40.4 Å². The maximum atomic E-state index is 10.3. The SMILES string of the molecule is Nc1nc(SCCCNC=O)nc(-c2c(Cl)cc3c4c(cccc24)COC3)n1. The van der Waals surface area contributed by atoms with Crippen molar-refractivity contribution >= 4 is 46.5 Å². The molecule has 3 N–H and O–H groups in total. The Balaban J connectivity index is 1.73. The van der Waals surface area contributed by atoms with Gasteiger partial charge in [-0.05, 0) is 34.4 Å². The summed E-state index contributed by atoms with van der Waals surface area (Å²) >= 11 is 8.09. The standard InChI is InChI=1S/C19H18ClN5O2S/c20-14-7-12-9-27-8-11-3-1-4-13(15(11)12)16(14)17-23-18(21)25-19(24-17)28-6-2-5-22-10-26/h1,3-4,7,10H,2,5-6,8-9H2,(H,22,26)(H2,21,23,24,25). The van der Waals surface area contributed by atoms with Crippen LogP contribution in [-0.4, -0.2) is 33.7 Å². The first kappa shape index (κ1) is 18.9. The minimum absolute atomic E-state index is 0.151. The number of amides is 1. The number of rotatable bonds is 7. The summed E-state index contributed by atoms with van der Waals surface area (Å²) in [5, 5.41) is 5.85. The summed E-state index contributed by atoms with van der Waals surface area (Å²) < 4.78 is 5.65. The van der Waals surface area contributed by atoms with Gasteiger partial charge in [0, 0.05) is 17.9 Å². The van der Waals surface area contributed by atoms with Gasteiger partial charge in [0.15, 0.2) is 11.0 Å². The van der Waals surface area contributed by atoms with E-state index in [0.29, 0.717) is 42.2 Å². The molecule has 144 valence electrons. The molecule has 0 radical (unpaired) electrons. The molecule has 0 bridgehead atoms. The second-order valence-corrected chi connectivity index (χ2v) is 7.77. The van der Waals surface area contributed by atoms with E-state index in [9.17, 15) is 4.79 Å². The van der Waals surface area contributed by atoms with Crippen molar-refractivity contribution in [1.29, 1.82) is 0 Å². The maximum Gasteiger partial charge on any atom is 0.224 e. The smallest absolute Gasteiger partial charge is 0.224 e. The Bertz CT molecular complexity index is 1050. The van der Waals surface area contributed by atoms with Crippen LogP contribution in [0, 0.1) is 0 Å². The highest BCUT2D eigenvalue weighted by molar-refractivity contribution is 7.99. The lowest BCUT2D eigenvalue weighted by atomic mass is 9.94. The summed E-state index contributed by atoms with van der Waals surface area (Å²) in [6.07, 6.45) is 1.49. The molecule has 2 heterocycles. The zero-order valence-electron chi connectivity index (χ0n) is 14.9. The lowest BCUT2D eigenvalue weighted by molar-refractivity contribution is -0.109. The molecule has 3 aromatic rings. The van der Waals surface area contributed by atoms with E-state index < -0.39 is 0 Å². The first-order valence-electron chi connectivity index (χ1n) is 8.80. The predicted octanol–water partition coefficient (Wildman–Crippen LogP) is 3.19. The molecule has 0 saturated carbocycles. The highest BCUT2D eigenvalue weighted by Gasteiger charge is 2.20. The Labute approximate surface area is 171 Å². The third kappa shape index (κ3) is 3.76. The van der Waals surface area contributed by atoms with Crippen molar-refractivity contribution in [2.75, 3.05) is 18.0 Å². The molecule has 9 heteroatoms. The zero-order chi connectivity index (χ0) is 19.5. The van der Waals surface area contributed by atoms with E-state index in [2.05, 4.69) is 26.3 Å². The molecule has 0 spiro atoms. The quantitative estimate of drug-likeness (QED) is 0.347. The number of anilines is 1. The number of hydrogen-bond acceptors (Lipinski definition) is 7. The van der Waals surface area contributed by atoms with E-state index in [-0.39, 0.29) is 5.95 Å². The van der Waals surface area contributed by atoms with E-state index in [1.165, 1.54) is 11.8 Å². The molecule has 0 atom stereocenters. The number of aromatic nitrogens is 3. The fraction of sp³-hybridized carbons (Fsp3) is 0.263. The minimum Gasteiger partial charge on any atom is -0.372 e. The Morgan fingerprint density at radius 3 is 2.96 bits per heavy atom. The Hall–Kier alpha value is -2.42. The number of ether oxygens (including phenoxy) is 1. The molecule has 28 heavy (non-hydrogen) atoms. The van der Waals surface area contributed by atoms with Crippen LogP contribution in [-0.2, 0) is 22.7 Å². The van der Waals surface area contributed by atoms with Crippen molar-refractivity contribution in [2.24, 2.45) is 0 Å². The van der Waals surface area contributed by atoms with E-state index in [0.717, 1.165) is 39.6 Å². The van der Waals surface area contributed by atoms with Gasteiger partial charge in [-0.25, -0.2) is 4.98 Å². The van der Waals surface area contributed by atoms with Crippen LogP contribution < -0.4 is 11.1 Å². The number of nitrogens with one attached hydrogen (secondary N) is 1. The molecule has 1 aliphatic heterocycles. The molecule has 0 aliphatic carbocycles. The van der Waals surface area contributed by atoms with Gasteiger partial charge < -0.3 is 15.8 Å². The minimum atomic E-state index is 0.151.